The lowest BCUT2D eigenvalue weighted by molar-refractivity contribution is -0.386. The maximum absolute atomic E-state index is 12.3. The third-order valence-corrected chi connectivity index (χ3v) is 4.37. The molecule has 1 fully saturated rings. The number of ether oxygens (including phenoxy) is 1. The van der Waals surface area contributed by atoms with Gasteiger partial charge in [0.05, 0.1) is 4.92 Å². The lowest BCUT2D eigenvalue weighted by Gasteiger charge is -2.29. The van der Waals surface area contributed by atoms with Crippen molar-refractivity contribution in [3.63, 3.8) is 0 Å². The van der Waals surface area contributed by atoms with Crippen molar-refractivity contribution in [1.82, 2.24) is 10.2 Å². The number of rotatable bonds is 6. The van der Waals surface area contributed by atoms with Crippen LogP contribution in [0.15, 0.2) is 40.8 Å². The molecular formula is C18H21N3O5. The van der Waals surface area contributed by atoms with Crippen LogP contribution < -0.4 is 10.1 Å². The smallest absolute Gasteiger partial charge is 0.310 e. The van der Waals surface area contributed by atoms with E-state index in [2.05, 4.69) is 17.3 Å². The summed E-state index contributed by atoms with van der Waals surface area (Å²) in [6.45, 7) is 1.92. The topological polar surface area (TPSA) is 97.9 Å². The molecule has 3 rings (SSSR count). The monoisotopic (exact) mass is 359 g/mol. The van der Waals surface area contributed by atoms with Gasteiger partial charge in [-0.15, -0.1) is 0 Å². The Morgan fingerprint density at radius 3 is 2.77 bits per heavy atom. The molecule has 1 amide bonds. The second-order valence-corrected chi connectivity index (χ2v) is 6.33. The number of carbonyl (C=O) groups excluding carboxylic acids is 1. The van der Waals surface area contributed by atoms with Crippen LogP contribution in [-0.2, 0) is 6.61 Å². The number of piperidine rings is 1. The van der Waals surface area contributed by atoms with Crippen molar-refractivity contribution in [3.8, 4) is 5.75 Å². The highest BCUT2D eigenvalue weighted by atomic mass is 16.6. The molecule has 0 saturated carbocycles. The van der Waals surface area contributed by atoms with E-state index in [0.717, 1.165) is 25.9 Å². The summed E-state index contributed by atoms with van der Waals surface area (Å²) in [5.74, 6) is 0.546. The van der Waals surface area contributed by atoms with E-state index in [1.165, 1.54) is 12.1 Å². The van der Waals surface area contributed by atoms with Crippen LogP contribution in [0.2, 0.25) is 0 Å². The number of amides is 1. The molecule has 8 nitrogen and oxygen atoms in total. The minimum atomic E-state index is -0.502. The Labute approximate surface area is 150 Å². The lowest BCUT2D eigenvalue weighted by atomic mass is 10.1. The number of furan rings is 1. The first-order chi connectivity index (χ1) is 12.5. The van der Waals surface area contributed by atoms with Crippen LogP contribution in [-0.4, -0.2) is 41.9 Å². The first kappa shape index (κ1) is 17.9. The Morgan fingerprint density at radius 2 is 2.04 bits per heavy atom. The Bertz CT molecular complexity index is 781. The van der Waals surface area contributed by atoms with Gasteiger partial charge in [-0.1, -0.05) is 12.1 Å². The molecule has 1 saturated heterocycles. The molecule has 2 aromatic rings. The number of para-hydroxylation sites is 2. The number of nitro groups is 1. The predicted octanol–water partition coefficient (Wildman–Crippen LogP) is 2.59. The van der Waals surface area contributed by atoms with E-state index in [0.29, 0.717) is 5.76 Å². The number of nitrogens with one attached hydrogen (secondary N) is 1. The van der Waals surface area contributed by atoms with Crippen molar-refractivity contribution in [3.05, 3.63) is 58.0 Å². The summed E-state index contributed by atoms with van der Waals surface area (Å²) in [6.07, 6.45) is 1.83. The Balaban J connectivity index is 1.56. The molecule has 2 heterocycles. The summed E-state index contributed by atoms with van der Waals surface area (Å²) < 4.78 is 11.0. The average Bonchev–Trinajstić information content (AvgIpc) is 3.11. The SMILES string of the molecule is CN1CCC(NC(=O)c2ccc(COc3ccccc3[N+](=O)[O-])o2)CC1. The molecule has 0 unspecified atom stereocenters. The Morgan fingerprint density at radius 1 is 1.31 bits per heavy atom. The minimum absolute atomic E-state index is 0.00631. The van der Waals surface area contributed by atoms with Gasteiger partial charge in [0.2, 0.25) is 0 Å². The summed E-state index contributed by atoms with van der Waals surface area (Å²) in [5, 5.41) is 14.0. The molecule has 1 aliphatic rings. The fourth-order valence-corrected chi connectivity index (χ4v) is 2.87. The summed E-state index contributed by atoms with van der Waals surface area (Å²) in [7, 11) is 2.06. The quantitative estimate of drug-likeness (QED) is 0.629. The van der Waals surface area contributed by atoms with Crippen molar-refractivity contribution in [2.75, 3.05) is 20.1 Å². The number of benzene rings is 1. The van der Waals surface area contributed by atoms with Gasteiger partial charge in [0.15, 0.2) is 11.5 Å². The third-order valence-electron chi connectivity index (χ3n) is 4.37. The molecule has 0 radical (unpaired) electrons. The van der Waals surface area contributed by atoms with Gasteiger partial charge < -0.3 is 19.4 Å². The maximum atomic E-state index is 12.3. The van der Waals surface area contributed by atoms with Crippen LogP contribution in [0.1, 0.15) is 29.2 Å². The standard InChI is InChI=1S/C18H21N3O5/c1-20-10-8-13(9-11-20)19-18(22)17-7-6-14(26-17)12-25-16-5-3-2-4-15(16)21(23)24/h2-7,13H,8-12H2,1H3,(H,19,22). The van der Waals surface area contributed by atoms with E-state index >= 15 is 0 Å². The molecule has 0 bridgehead atoms. The van der Waals surface area contributed by atoms with Crippen LogP contribution in [0.25, 0.3) is 0 Å². The maximum Gasteiger partial charge on any atom is 0.310 e. The molecule has 0 spiro atoms. The van der Waals surface area contributed by atoms with Gasteiger partial charge in [0.25, 0.3) is 5.91 Å². The Hall–Kier alpha value is -2.87. The molecule has 1 aromatic heterocycles. The van der Waals surface area contributed by atoms with E-state index < -0.39 is 4.92 Å². The largest absolute Gasteiger partial charge is 0.479 e. The zero-order valence-corrected chi connectivity index (χ0v) is 14.5. The fraction of sp³-hybridized carbons (Fsp3) is 0.389. The van der Waals surface area contributed by atoms with Gasteiger partial charge in [-0.05, 0) is 51.2 Å². The van der Waals surface area contributed by atoms with Gasteiger partial charge in [-0.25, -0.2) is 0 Å². The summed E-state index contributed by atoms with van der Waals surface area (Å²) in [6, 6.07) is 9.50. The molecular weight excluding hydrogens is 338 g/mol. The zero-order chi connectivity index (χ0) is 18.5. The highest BCUT2D eigenvalue weighted by Gasteiger charge is 2.21. The molecule has 1 aliphatic heterocycles. The second-order valence-electron chi connectivity index (χ2n) is 6.33. The molecule has 138 valence electrons. The van der Waals surface area contributed by atoms with Gasteiger partial charge in [-0.3, -0.25) is 14.9 Å². The summed E-state index contributed by atoms with van der Waals surface area (Å²) in [5.41, 5.74) is -0.112. The van der Waals surface area contributed by atoms with Crippen molar-refractivity contribution >= 4 is 11.6 Å². The van der Waals surface area contributed by atoms with E-state index in [1.54, 1.807) is 24.3 Å². The van der Waals surface area contributed by atoms with Crippen molar-refractivity contribution in [1.29, 1.82) is 0 Å². The van der Waals surface area contributed by atoms with Crippen LogP contribution in [0, 0.1) is 10.1 Å². The van der Waals surface area contributed by atoms with Gasteiger partial charge in [0.1, 0.15) is 12.4 Å². The van der Waals surface area contributed by atoms with Gasteiger partial charge in [0, 0.05) is 12.1 Å². The molecule has 1 N–H and O–H groups in total. The molecule has 0 aliphatic carbocycles. The third kappa shape index (κ3) is 4.40. The number of hydrogen-bond donors (Lipinski definition) is 1. The fourth-order valence-electron chi connectivity index (χ4n) is 2.87. The van der Waals surface area contributed by atoms with E-state index in [4.69, 9.17) is 9.15 Å². The minimum Gasteiger partial charge on any atom is -0.479 e. The molecule has 26 heavy (non-hydrogen) atoms. The first-order valence-corrected chi connectivity index (χ1v) is 8.47. The van der Waals surface area contributed by atoms with Crippen LogP contribution >= 0.6 is 0 Å². The second kappa shape index (κ2) is 8.01. The highest BCUT2D eigenvalue weighted by Crippen LogP contribution is 2.26. The summed E-state index contributed by atoms with van der Waals surface area (Å²) in [4.78, 5) is 25.0. The number of nitro benzene ring substituents is 1. The van der Waals surface area contributed by atoms with Crippen LogP contribution in [0.5, 0.6) is 5.75 Å². The lowest BCUT2D eigenvalue weighted by Crippen LogP contribution is -2.43. The van der Waals surface area contributed by atoms with Crippen LogP contribution in [0.3, 0.4) is 0 Å². The van der Waals surface area contributed by atoms with E-state index in [-0.39, 0.29) is 35.8 Å². The molecule has 8 heteroatoms. The highest BCUT2D eigenvalue weighted by molar-refractivity contribution is 5.91. The average molecular weight is 359 g/mol. The number of carbonyl (C=O) groups is 1. The van der Waals surface area contributed by atoms with E-state index in [1.807, 2.05) is 0 Å². The predicted molar refractivity (Wildman–Crippen MR) is 94.1 cm³/mol. The molecule has 0 atom stereocenters. The summed E-state index contributed by atoms with van der Waals surface area (Å²) >= 11 is 0. The van der Waals surface area contributed by atoms with Crippen molar-refractivity contribution in [2.24, 2.45) is 0 Å². The normalized spacial score (nSPS) is 15.6. The van der Waals surface area contributed by atoms with Gasteiger partial charge >= 0.3 is 5.69 Å². The molecule has 1 aromatic carbocycles. The van der Waals surface area contributed by atoms with Crippen molar-refractivity contribution < 1.29 is 18.9 Å². The number of nitrogens with zero attached hydrogens (tertiary/aromatic N) is 2. The van der Waals surface area contributed by atoms with Gasteiger partial charge in [-0.2, -0.15) is 0 Å². The van der Waals surface area contributed by atoms with E-state index in [9.17, 15) is 14.9 Å². The van der Waals surface area contributed by atoms with Crippen LogP contribution in [0.4, 0.5) is 5.69 Å². The first-order valence-electron chi connectivity index (χ1n) is 8.47. The zero-order valence-electron chi connectivity index (χ0n) is 14.5. The van der Waals surface area contributed by atoms with Crippen molar-refractivity contribution in [2.45, 2.75) is 25.5 Å². The number of likely N-dealkylation sites (tertiary alicyclic amines) is 1. The Kier molecular flexibility index (Phi) is 5.52. The number of hydrogen-bond acceptors (Lipinski definition) is 6.